The number of rotatable bonds is 8. The third kappa shape index (κ3) is 4.96. The van der Waals surface area contributed by atoms with Crippen molar-refractivity contribution in [1.82, 2.24) is 9.97 Å². The van der Waals surface area contributed by atoms with Crippen LogP contribution < -0.4 is 10.2 Å². The Bertz CT molecular complexity index is 1370. The molecule has 34 heavy (non-hydrogen) atoms. The highest BCUT2D eigenvalue weighted by Crippen LogP contribution is 2.29. The van der Waals surface area contributed by atoms with Crippen LogP contribution >= 0.6 is 0 Å². The summed E-state index contributed by atoms with van der Waals surface area (Å²) in [6.07, 6.45) is 1.93. The molecule has 0 saturated heterocycles. The number of furan rings is 1. The molecule has 1 N–H and O–H groups in total. The minimum atomic E-state index is -0.0473. The van der Waals surface area contributed by atoms with Gasteiger partial charge in [0.05, 0.1) is 11.8 Å². The number of amides is 1. The molecule has 0 aliphatic carbocycles. The molecule has 0 atom stereocenters. The molecule has 0 aliphatic rings. The molecule has 0 radical (unpaired) electrons. The number of aromatic nitrogens is 2. The van der Waals surface area contributed by atoms with Gasteiger partial charge in [0.2, 0.25) is 5.91 Å². The Morgan fingerprint density at radius 1 is 0.824 bits per heavy atom. The van der Waals surface area contributed by atoms with Gasteiger partial charge in [0, 0.05) is 30.6 Å². The second-order valence-electron chi connectivity index (χ2n) is 7.94. The van der Waals surface area contributed by atoms with Gasteiger partial charge in [-0.25, -0.2) is 9.97 Å². The molecule has 0 fully saturated rings. The lowest BCUT2D eigenvalue weighted by molar-refractivity contribution is -0.116. The first-order chi connectivity index (χ1) is 16.8. The van der Waals surface area contributed by atoms with Crippen LogP contribution in [0.5, 0.6) is 0 Å². The van der Waals surface area contributed by atoms with Crippen molar-refractivity contribution >= 4 is 28.3 Å². The van der Waals surface area contributed by atoms with Crippen molar-refractivity contribution in [1.29, 1.82) is 0 Å². The van der Waals surface area contributed by atoms with Crippen LogP contribution in [-0.2, 0) is 11.3 Å². The summed E-state index contributed by atoms with van der Waals surface area (Å²) >= 11 is 0. The fourth-order valence-corrected chi connectivity index (χ4v) is 3.86. The van der Waals surface area contributed by atoms with Crippen molar-refractivity contribution in [3.8, 4) is 11.6 Å². The first-order valence-electron chi connectivity index (χ1n) is 11.2. The lowest BCUT2D eigenvalue weighted by Crippen LogP contribution is -2.28. The van der Waals surface area contributed by atoms with E-state index in [9.17, 15) is 4.79 Å². The molecule has 0 spiro atoms. The van der Waals surface area contributed by atoms with Crippen LogP contribution in [0.2, 0.25) is 0 Å². The third-order valence-electron chi connectivity index (χ3n) is 5.51. The summed E-state index contributed by atoms with van der Waals surface area (Å²) in [5.41, 5.74) is 2.74. The van der Waals surface area contributed by atoms with Gasteiger partial charge in [-0.1, -0.05) is 60.7 Å². The number of nitrogens with one attached hydrogen (secondary N) is 1. The quantitative estimate of drug-likeness (QED) is 0.319. The van der Waals surface area contributed by atoms with Crippen molar-refractivity contribution < 1.29 is 9.21 Å². The summed E-state index contributed by atoms with van der Waals surface area (Å²) in [6.45, 7) is 1.10. The van der Waals surface area contributed by atoms with Crippen LogP contribution in [0.25, 0.3) is 22.5 Å². The molecule has 6 heteroatoms. The molecule has 0 unspecified atom stereocenters. The average Bonchev–Trinajstić information content (AvgIpc) is 3.42. The summed E-state index contributed by atoms with van der Waals surface area (Å²) in [5.74, 6) is 1.85. The Hall–Kier alpha value is -4.45. The first kappa shape index (κ1) is 21.4. The lowest BCUT2D eigenvalue weighted by atomic mass is 10.1. The maximum Gasteiger partial charge on any atom is 0.226 e. The second kappa shape index (κ2) is 10.0. The number of carbonyl (C=O) groups excluding carboxylic acids is 1. The zero-order valence-electron chi connectivity index (χ0n) is 18.6. The van der Waals surface area contributed by atoms with E-state index < -0.39 is 0 Å². The number of carbonyl (C=O) groups is 1. The Morgan fingerprint density at radius 3 is 2.32 bits per heavy atom. The summed E-state index contributed by atoms with van der Waals surface area (Å²) in [5, 5.41) is 3.90. The van der Waals surface area contributed by atoms with Crippen molar-refractivity contribution in [2.24, 2.45) is 0 Å². The zero-order chi connectivity index (χ0) is 23.2. The van der Waals surface area contributed by atoms with Crippen molar-refractivity contribution in [3.63, 3.8) is 0 Å². The van der Waals surface area contributed by atoms with Gasteiger partial charge in [0.15, 0.2) is 11.6 Å². The molecule has 168 valence electrons. The van der Waals surface area contributed by atoms with Gasteiger partial charge in [0.1, 0.15) is 5.82 Å². The van der Waals surface area contributed by atoms with E-state index in [1.54, 1.807) is 6.26 Å². The summed E-state index contributed by atoms with van der Waals surface area (Å²) in [7, 11) is 0. The largest absolute Gasteiger partial charge is 0.461 e. The topological polar surface area (TPSA) is 71.3 Å². The lowest BCUT2D eigenvalue weighted by Gasteiger charge is -2.25. The highest BCUT2D eigenvalue weighted by Gasteiger charge is 2.18. The number of hydrogen-bond acceptors (Lipinski definition) is 5. The predicted octanol–water partition coefficient (Wildman–Crippen LogP) is 5.93. The molecule has 1 amide bonds. The number of nitrogens with zero attached hydrogens (tertiary/aromatic N) is 3. The molecule has 5 rings (SSSR count). The van der Waals surface area contributed by atoms with Gasteiger partial charge in [-0.15, -0.1) is 0 Å². The van der Waals surface area contributed by atoms with Crippen LogP contribution in [0.3, 0.4) is 0 Å². The maximum atomic E-state index is 12.7. The van der Waals surface area contributed by atoms with E-state index in [4.69, 9.17) is 14.4 Å². The minimum Gasteiger partial charge on any atom is -0.461 e. The van der Waals surface area contributed by atoms with Crippen LogP contribution in [0.1, 0.15) is 12.0 Å². The van der Waals surface area contributed by atoms with Gasteiger partial charge < -0.3 is 14.6 Å². The molecular weight excluding hydrogens is 424 g/mol. The number of para-hydroxylation sites is 2. The maximum absolute atomic E-state index is 12.7. The van der Waals surface area contributed by atoms with E-state index in [0.29, 0.717) is 31.1 Å². The number of anilines is 2. The Kier molecular flexibility index (Phi) is 6.29. The molecule has 6 nitrogen and oxygen atoms in total. The number of benzene rings is 3. The summed E-state index contributed by atoms with van der Waals surface area (Å²) in [6, 6.07) is 31.3. The molecule has 0 aliphatic heterocycles. The Morgan fingerprint density at radius 2 is 1.56 bits per heavy atom. The predicted molar refractivity (Wildman–Crippen MR) is 134 cm³/mol. The van der Waals surface area contributed by atoms with Gasteiger partial charge in [-0.05, 0) is 42.0 Å². The van der Waals surface area contributed by atoms with Gasteiger partial charge in [0.25, 0.3) is 0 Å². The highest BCUT2D eigenvalue weighted by molar-refractivity contribution is 5.93. The molecule has 3 aromatic carbocycles. The normalized spacial score (nSPS) is 10.8. The van der Waals surface area contributed by atoms with E-state index in [2.05, 4.69) is 22.3 Å². The number of fused-ring (bicyclic) bond motifs is 1. The number of hydrogen-bond donors (Lipinski definition) is 1. The fourth-order valence-electron chi connectivity index (χ4n) is 3.86. The van der Waals surface area contributed by atoms with Gasteiger partial charge >= 0.3 is 0 Å². The summed E-state index contributed by atoms with van der Waals surface area (Å²) in [4.78, 5) is 24.5. The third-order valence-corrected chi connectivity index (χ3v) is 5.51. The average molecular weight is 449 g/mol. The Labute approximate surface area is 197 Å². The van der Waals surface area contributed by atoms with Crippen LogP contribution in [0.4, 0.5) is 11.5 Å². The van der Waals surface area contributed by atoms with E-state index in [0.717, 1.165) is 28.0 Å². The van der Waals surface area contributed by atoms with E-state index in [1.807, 2.05) is 84.9 Å². The SMILES string of the molecule is O=C(CCN(Cc1ccccc1)c1nc(-c2ccco2)nc2ccccc12)Nc1ccccc1. The Balaban J connectivity index is 1.49. The van der Waals surface area contributed by atoms with Crippen LogP contribution in [0.15, 0.2) is 108 Å². The molecule has 2 aromatic heterocycles. The highest BCUT2D eigenvalue weighted by atomic mass is 16.3. The van der Waals surface area contributed by atoms with Gasteiger partial charge in [-0.2, -0.15) is 0 Å². The molecule has 0 bridgehead atoms. The molecule has 2 heterocycles. The van der Waals surface area contributed by atoms with Crippen LogP contribution in [0, 0.1) is 0 Å². The standard InChI is InChI=1S/C28H24N4O2/c33-26(29-22-12-5-2-6-13-22)17-18-32(20-21-10-3-1-4-11-21)28-23-14-7-8-15-24(23)30-27(31-28)25-16-9-19-34-25/h1-16,19H,17-18,20H2,(H,29,33). The molecule has 5 aromatic rings. The second-order valence-corrected chi connectivity index (χ2v) is 7.94. The minimum absolute atomic E-state index is 0.0473. The monoisotopic (exact) mass is 448 g/mol. The van der Waals surface area contributed by atoms with E-state index >= 15 is 0 Å². The molecular formula is C28H24N4O2. The van der Waals surface area contributed by atoms with Crippen molar-refractivity contribution in [2.45, 2.75) is 13.0 Å². The van der Waals surface area contributed by atoms with E-state index in [-0.39, 0.29) is 5.91 Å². The van der Waals surface area contributed by atoms with Crippen molar-refractivity contribution in [3.05, 3.63) is 109 Å². The smallest absolute Gasteiger partial charge is 0.226 e. The van der Waals surface area contributed by atoms with E-state index in [1.165, 1.54) is 0 Å². The summed E-state index contributed by atoms with van der Waals surface area (Å²) < 4.78 is 5.58. The molecule has 0 saturated carbocycles. The van der Waals surface area contributed by atoms with Gasteiger partial charge in [-0.3, -0.25) is 4.79 Å². The first-order valence-corrected chi connectivity index (χ1v) is 11.2. The fraction of sp³-hybridized carbons (Fsp3) is 0.107. The van der Waals surface area contributed by atoms with Crippen molar-refractivity contribution in [2.75, 3.05) is 16.8 Å². The van der Waals surface area contributed by atoms with Crippen LogP contribution in [-0.4, -0.2) is 22.4 Å². The zero-order valence-corrected chi connectivity index (χ0v) is 18.6.